The molecule has 0 fully saturated rings. The maximum atomic E-state index is 10.4. The summed E-state index contributed by atoms with van der Waals surface area (Å²) in [6, 6.07) is 2.08. The summed E-state index contributed by atoms with van der Waals surface area (Å²) in [5.41, 5.74) is 1.30. The Kier molecular flexibility index (Phi) is 9.81. The van der Waals surface area contributed by atoms with Gasteiger partial charge in [-0.15, -0.1) is 0 Å². The Balaban J connectivity index is 0.00000256. The van der Waals surface area contributed by atoms with E-state index in [0.717, 1.165) is 13.0 Å². The molecule has 17 heavy (non-hydrogen) atoms. The van der Waals surface area contributed by atoms with Gasteiger partial charge in [0.05, 0.1) is 10.1 Å². The molecule has 0 aliphatic rings. The molecular weight excluding hydrogens is 285 g/mol. The standard InChI is InChI=1S/C10H17NO3S2.K/c1-11(5-2-8-16(12,13)14)6-3-10-4-7-15-9-10;/h4,7,9H,2-3,5-6,8H2,1H3,(H,12,13,14);/q;+1/p-1. The van der Waals surface area contributed by atoms with Crippen molar-refractivity contribution >= 4 is 21.5 Å². The third-order valence-corrected chi connectivity index (χ3v) is 3.82. The zero-order chi connectivity index (χ0) is 12.0. The van der Waals surface area contributed by atoms with Crippen LogP contribution in [0.2, 0.25) is 0 Å². The molecule has 0 N–H and O–H groups in total. The molecule has 0 aliphatic carbocycles. The van der Waals surface area contributed by atoms with Gasteiger partial charge in [-0.2, -0.15) is 11.3 Å². The van der Waals surface area contributed by atoms with E-state index < -0.39 is 10.1 Å². The van der Waals surface area contributed by atoms with Crippen LogP contribution in [0.25, 0.3) is 0 Å². The van der Waals surface area contributed by atoms with Gasteiger partial charge in [0.2, 0.25) is 0 Å². The maximum Gasteiger partial charge on any atom is 1.00 e. The summed E-state index contributed by atoms with van der Waals surface area (Å²) < 4.78 is 31.2. The molecule has 0 radical (unpaired) electrons. The normalized spacial score (nSPS) is 11.5. The fourth-order valence-electron chi connectivity index (χ4n) is 1.38. The Labute approximate surface area is 150 Å². The molecule has 0 bridgehead atoms. The van der Waals surface area contributed by atoms with E-state index in [1.54, 1.807) is 11.3 Å². The van der Waals surface area contributed by atoms with Crippen LogP contribution in [0.3, 0.4) is 0 Å². The van der Waals surface area contributed by atoms with E-state index in [9.17, 15) is 13.0 Å². The number of hydrogen-bond donors (Lipinski definition) is 0. The van der Waals surface area contributed by atoms with Crippen LogP contribution in [-0.2, 0) is 16.5 Å². The molecule has 1 rings (SSSR count). The molecule has 0 saturated heterocycles. The summed E-state index contributed by atoms with van der Waals surface area (Å²) in [5, 5.41) is 4.15. The van der Waals surface area contributed by atoms with Crippen molar-refractivity contribution in [3.8, 4) is 0 Å². The number of nitrogens with zero attached hydrogens (tertiary/aromatic N) is 1. The molecule has 1 heterocycles. The Hall–Kier alpha value is 1.21. The number of hydrogen-bond acceptors (Lipinski definition) is 5. The smallest absolute Gasteiger partial charge is 0.748 e. The first kappa shape index (κ1) is 18.2. The summed E-state index contributed by atoms with van der Waals surface area (Å²) in [5.74, 6) is -0.268. The van der Waals surface area contributed by atoms with E-state index in [-0.39, 0.29) is 57.1 Å². The minimum absolute atomic E-state index is 0. The van der Waals surface area contributed by atoms with Gasteiger partial charge in [0, 0.05) is 12.3 Å². The largest absolute Gasteiger partial charge is 1.00 e. The van der Waals surface area contributed by atoms with Gasteiger partial charge in [0.15, 0.2) is 0 Å². The van der Waals surface area contributed by atoms with Crippen molar-refractivity contribution in [3.05, 3.63) is 22.4 Å². The fourth-order valence-corrected chi connectivity index (χ4v) is 2.56. The van der Waals surface area contributed by atoms with Crippen LogP contribution >= 0.6 is 11.3 Å². The molecule has 0 aliphatic heterocycles. The Morgan fingerprint density at radius 3 is 2.65 bits per heavy atom. The van der Waals surface area contributed by atoms with Crippen molar-refractivity contribution in [1.82, 2.24) is 4.90 Å². The van der Waals surface area contributed by atoms with E-state index in [4.69, 9.17) is 0 Å². The van der Waals surface area contributed by atoms with E-state index in [1.165, 1.54) is 5.56 Å². The summed E-state index contributed by atoms with van der Waals surface area (Å²) >= 11 is 1.67. The fraction of sp³-hybridized carbons (Fsp3) is 0.600. The van der Waals surface area contributed by atoms with Crippen molar-refractivity contribution in [1.29, 1.82) is 0 Å². The second-order valence-electron chi connectivity index (χ2n) is 3.80. The number of rotatable bonds is 7. The first-order chi connectivity index (χ1) is 7.47. The van der Waals surface area contributed by atoms with Gasteiger partial charge in [-0.25, -0.2) is 8.42 Å². The monoisotopic (exact) mass is 301 g/mol. The summed E-state index contributed by atoms with van der Waals surface area (Å²) in [4.78, 5) is 2.04. The van der Waals surface area contributed by atoms with E-state index in [0.29, 0.717) is 13.0 Å². The van der Waals surface area contributed by atoms with Crippen LogP contribution in [0.15, 0.2) is 16.8 Å². The third kappa shape index (κ3) is 9.74. The van der Waals surface area contributed by atoms with Gasteiger partial charge in [-0.05, 0) is 48.8 Å². The molecule has 0 aromatic carbocycles. The van der Waals surface area contributed by atoms with E-state index in [2.05, 4.69) is 11.4 Å². The Morgan fingerprint density at radius 2 is 2.12 bits per heavy atom. The van der Waals surface area contributed by atoms with Crippen molar-refractivity contribution in [2.24, 2.45) is 0 Å². The predicted molar refractivity (Wildman–Crippen MR) is 64.7 cm³/mol. The molecule has 92 valence electrons. The van der Waals surface area contributed by atoms with Gasteiger partial charge in [-0.3, -0.25) is 0 Å². The minimum atomic E-state index is -4.05. The summed E-state index contributed by atoms with van der Waals surface area (Å²) in [6.07, 6.45) is 1.37. The maximum absolute atomic E-state index is 10.4. The number of thiophene rings is 1. The SMILES string of the molecule is CN(CCCS(=O)(=O)[O-])CCc1ccsc1.[K+]. The van der Waals surface area contributed by atoms with Crippen molar-refractivity contribution in [3.63, 3.8) is 0 Å². The average molecular weight is 301 g/mol. The topological polar surface area (TPSA) is 60.4 Å². The molecule has 0 saturated carbocycles. The molecule has 0 unspecified atom stereocenters. The second kappa shape index (κ2) is 9.16. The minimum Gasteiger partial charge on any atom is -0.748 e. The summed E-state index contributed by atoms with van der Waals surface area (Å²) in [7, 11) is -2.12. The van der Waals surface area contributed by atoms with Crippen molar-refractivity contribution in [2.45, 2.75) is 12.8 Å². The molecule has 0 atom stereocenters. The number of likely N-dealkylation sites (N-methyl/N-ethyl adjacent to an activating group) is 1. The van der Waals surface area contributed by atoms with Crippen LogP contribution < -0.4 is 51.4 Å². The van der Waals surface area contributed by atoms with Gasteiger partial charge < -0.3 is 9.45 Å². The average Bonchev–Trinajstić information content (AvgIpc) is 2.65. The van der Waals surface area contributed by atoms with Crippen LogP contribution in [0.5, 0.6) is 0 Å². The zero-order valence-corrected chi connectivity index (χ0v) is 15.0. The van der Waals surface area contributed by atoms with Gasteiger partial charge in [-0.1, -0.05) is 0 Å². The van der Waals surface area contributed by atoms with Gasteiger partial charge in [0.1, 0.15) is 0 Å². The first-order valence-electron chi connectivity index (χ1n) is 5.10. The molecule has 7 heteroatoms. The molecule has 0 amide bonds. The molecule has 1 aromatic rings. The quantitative estimate of drug-likeness (QED) is 0.439. The molecule has 0 spiro atoms. The first-order valence-corrected chi connectivity index (χ1v) is 7.62. The van der Waals surface area contributed by atoms with Crippen LogP contribution in [0.4, 0.5) is 0 Å². The zero-order valence-electron chi connectivity index (χ0n) is 10.3. The third-order valence-electron chi connectivity index (χ3n) is 2.30. The second-order valence-corrected chi connectivity index (χ2v) is 6.10. The Morgan fingerprint density at radius 1 is 1.41 bits per heavy atom. The predicted octanol–water partition coefficient (Wildman–Crippen LogP) is -1.84. The van der Waals surface area contributed by atoms with E-state index in [1.807, 2.05) is 17.3 Å². The van der Waals surface area contributed by atoms with E-state index >= 15 is 0 Å². The van der Waals surface area contributed by atoms with Crippen molar-refractivity contribution in [2.75, 3.05) is 25.9 Å². The Bertz CT molecular complexity index is 392. The van der Waals surface area contributed by atoms with Crippen LogP contribution in [-0.4, -0.2) is 43.8 Å². The van der Waals surface area contributed by atoms with Gasteiger partial charge >= 0.3 is 51.4 Å². The molecular formula is C10H16KNO3S2. The molecule has 4 nitrogen and oxygen atoms in total. The molecule has 1 aromatic heterocycles. The van der Waals surface area contributed by atoms with Gasteiger partial charge in [0.25, 0.3) is 0 Å². The summed E-state index contributed by atoms with van der Waals surface area (Å²) in [6.45, 7) is 1.53. The van der Waals surface area contributed by atoms with Crippen molar-refractivity contribution < 1.29 is 64.4 Å². The van der Waals surface area contributed by atoms with Crippen LogP contribution in [0, 0.1) is 0 Å². The van der Waals surface area contributed by atoms with Crippen LogP contribution in [0.1, 0.15) is 12.0 Å².